The molecule has 0 unspecified atom stereocenters. The largest absolute Gasteiger partial charge is 0.351 e. The van der Waals surface area contributed by atoms with Gasteiger partial charge in [0.15, 0.2) is 0 Å². The molecule has 1 saturated carbocycles. The van der Waals surface area contributed by atoms with Crippen LogP contribution in [0.25, 0.3) is 0 Å². The van der Waals surface area contributed by atoms with Crippen molar-refractivity contribution in [2.45, 2.75) is 24.7 Å². The lowest BCUT2D eigenvalue weighted by Crippen LogP contribution is -2.45. The minimum Gasteiger partial charge on any atom is -0.351 e. The highest BCUT2D eigenvalue weighted by atomic mass is 19.1. The molecule has 0 heterocycles. The normalized spacial score (nSPS) is 15.9. The summed E-state index contributed by atoms with van der Waals surface area (Å²) in [6, 6.07) is 12.9. The second-order valence-electron chi connectivity index (χ2n) is 5.84. The third-order valence-corrected chi connectivity index (χ3v) is 4.41. The molecular weight excluding hydrogens is 284 g/mol. The minimum atomic E-state index is -0.744. The second kappa shape index (κ2) is 5.87. The molecule has 4 heteroatoms. The molecular formula is C18H17F2NO. The molecule has 1 aliphatic carbocycles. The van der Waals surface area contributed by atoms with Gasteiger partial charge in [-0.1, -0.05) is 36.8 Å². The smallest absolute Gasteiger partial charge is 0.251 e. The molecule has 1 amide bonds. The number of carbonyl (C=O) groups is 1. The highest BCUT2D eigenvalue weighted by Crippen LogP contribution is 2.43. The van der Waals surface area contributed by atoms with Crippen molar-refractivity contribution in [2.75, 3.05) is 6.54 Å². The van der Waals surface area contributed by atoms with E-state index in [-0.39, 0.29) is 11.0 Å². The molecule has 0 spiro atoms. The van der Waals surface area contributed by atoms with Crippen LogP contribution in [0.5, 0.6) is 0 Å². The zero-order valence-corrected chi connectivity index (χ0v) is 12.1. The number of hydrogen-bond acceptors (Lipinski definition) is 1. The summed E-state index contributed by atoms with van der Waals surface area (Å²) >= 11 is 0. The summed E-state index contributed by atoms with van der Waals surface area (Å²) in [5, 5.41) is 2.82. The number of carbonyl (C=O) groups excluding carboxylic acids is 1. The summed E-state index contributed by atoms with van der Waals surface area (Å²) in [4.78, 5) is 12.1. The van der Waals surface area contributed by atoms with Crippen LogP contribution in [0.3, 0.4) is 0 Å². The van der Waals surface area contributed by atoms with Gasteiger partial charge in [-0.05, 0) is 30.5 Å². The first kappa shape index (κ1) is 14.7. The fraction of sp³-hybridized carbons (Fsp3) is 0.278. The first-order valence-corrected chi connectivity index (χ1v) is 7.39. The van der Waals surface area contributed by atoms with Crippen molar-refractivity contribution >= 4 is 5.91 Å². The number of amides is 1. The van der Waals surface area contributed by atoms with Crippen LogP contribution in [0.4, 0.5) is 8.78 Å². The first-order chi connectivity index (χ1) is 10.6. The van der Waals surface area contributed by atoms with Crippen molar-refractivity contribution in [3.63, 3.8) is 0 Å². The minimum absolute atomic E-state index is 0.0139. The molecule has 22 heavy (non-hydrogen) atoms. The van der Waals surface area contributed by atoms with Crippen molar-refractivity contribution < 1.29 is 13.6 Å². The van der Waals surface area contributed by atoms with E-state index in [0.717, 1.165) is 37.5 Å². The predicted octanol–water partition coefficient (Wildman–Crippen LogP) is 3.82. The van der Waals surface area contributed by atoms with Crippen molar-refractivity contribution in [1.29, 1.82) is 0 Å². The van der Waals surface area contributed by atoms with E-state index in [2.05, 4.69) is 17.4 Å². The van der Waals surface area contributed by atoms with E-state index in [1.54, 1.807) is 0 Å². The molecule has 2 aromatic carbocycles. The number of hydrogen-bond donors (Lipinski definition) is 1. The maximum absolute atomic E-state index is 13.2. The molecule has 0 atom stereocenters. The van der Waals surface area contributed by atoms with E-state index in [9.17, 15) is 13.6 Å². The number of nitrogens with one attached hydrogen (secondary N) is 1. The summed E-state index contributed by atoms with van der Waals surface area (Å²) in [6.07, 6.45) is 3.14. The van der Waals surface area contributed by atoms with Crippen LogP contribution >= 0.6 is 0 Å². The molecule has 114 valence electrons. The molecule has 0 aromatic heterocycles. The number of rotatable bonds is 4. The number of benzene rings is 2. The Morgan fingerprint density at radius 2 is 1.68 bits per heavy atom. The highest BCUT2D eigenvalue weighted by molar-refractivity contribution is 5.94. The van der Waals surface area contributed by atoms with Gasteiger partial charge in [0.1, 0.15) is 11.6 Å². The van der Waals surface area contributed by atoms with E-state index in [0.29, 0.717) is 6.54 Å². The maximum atomic E-state index is 13.2. The Morgan fingerprint density at radius 3 is 2.23 bits per heavy atom. The zero-order chi connectivity index (χ0) is 15.6. The molecule has 2 nitrogen and oxygen atoms in total. The lowest BCUT2D eigenvalue weighted by Gasteiger charge is -2.42. The summed E-state index contributed by atoms with van der Waals surface area (Å²) in [6.45, 7) is 0.480. The fourth-order valence-electron chi connectivity index (χ4n) is 3.00. The average Bonchev–Trinajstić information content (AvgIpc) is 2.46. The van der Waals surface area contributed by atoms with Gasteiger partial charge in [0.25, 0.3) is 5.91 Å². The van der Waals surface area contributed by atoms with Gasteiger partial charge in [0.05, 0.1) is 0 Å². The molecule has 3 rings (SSSR count). The molecule has 1 N–H and O–H groups in total. The average molecular weight is 301 g/mol. The van der Waals surface area contributed by atoms with E-state index in [1.165, 1.54) is 5.56 Å². The maximum Gasteiger partial charge on any atom is 0.251 e. The SMILES string of the molecule is O=C(NCC1(c2ccccc2)CCC1)c1cc(F)cc(F)c1. The summed E-state index contributed by atoms with van der Waals surface area (Å²) in [7, 11) is 0. The molecule has 1 aliphatic rings. The first-order valence-electron chi connectivity index (χ1n) is 7.39. The summed E-state index contributed by atoms with van der Waals surface area (Å²) < 4.78 is 26.4. The van der Waals surface area contributed by atoms with Gasteiger partial charge < -0.3 is 5.32 Å². The van der Waals surface area contributed by atoms with E-state index < -0.39 is 17.5 Å². The van der Waals surface area contributed by atoms with Crippen molar-refractivity contribution in [3.05, 3.63) is 71.3 Å². The Hall–Kier alpha value is -2.23. The van der Waals surface area contributed by atoms with Gasteiger partial charge in [-0.15, -0.1) is 0 Å². The molecule has 0 radical (unpaired) electrons. The molecule has 1 fully saturated rings. The van der Waals surface area contributed by atoms with Gasteiger partial charge in [-0.25, -0.2) is 8.78 Å². The Kier molecular flexibility index (Phi) is 3.92. The van der Waals surface area contributed by atoms with Crippen LogP contribution in [-0.2, 0) is 5.41 Å². The fourth-order valence-corrected chi connectivity index (χ4v) is 3.00. The van der Waals surface area contributed by atoms with Gasteiger partial charge in [0, 0.05) is 23.6 Å². The van der Waals surface area contributed by atoms with E-state index in [1.807, 2.05) is 18.2 Å². The topological polar surface area (TPSA) is 29.1 Å². The summed E-state index contributed by atoms with van der Waals surface area (Å²) in [5.74, 6) is -1.93. The lowest BCUT2D eigenvalue weighted by molar-refractivity contribution is 0.0927. The van der Waals surface area contributed by atoms with Crippen LogP contribution in [0.1, 0.15) is 35.2 Å². The quantitative estimate of drug-likeness (QED) is 0.914. The van der Waals surface area contributed by atoms with Crippen LogP contribution in [-0.4, -0.2) is 12.5 Å². The van der Waals surface area contributed by atoms with Gasteiger partial charge in [0.2, 0.25) is 0 Å². The van der Waals surface area contributed by atoms with Gasteiger partial charge >= 0.3 is 0 Å². The van der Waals surface area contributed by atoms with Crippen molar-refractivity contribution in [3.8, 4) is 0 Å². The molecule has 2 aromatic rings. The van der Waals surface area contributed by atoms with E-state index >= 15 is 0 Å². The van der Waals surface area contributed by atoms with Gasteiger partial charge in [-0.2, -0.15) is 0 Å². The third-order valence-electron chi connectivity index (χ3n) is 4.41. The van der Waals surface area contributed by atoms with Crippen molar-refractivity contribution in [1.82, 2.24) is 5.32 Å². The monoisotopic (exact) mass is 301 g/mol. The van der Waals surface area contributed by atoms with Crippen LogP contribution < -0.4 is 5.32 Å². The zero-order valence-electron chi connectivity index (χ0n) is 12.1. The molecule has 0 aliphatic heterocycles. The van der Waals surface area contributed by atoms with Crippen LogP contribution in [0.2, 0.25) is 0 Å². The predicted molar refractivity (Wildman–Crippen MR) is 80.7 cm³/mol. The van der Waals surface area contributed by atoms with E-state index in [4.69, 9.17) is 0 Å². The Morgan fingerprint density at radius 1 is 1.05 bits per heavy atom. The number of halogens is 2. The Bertz CT molecular complexity index is 660. The van der Waals surface area contributed by atoms with Crippen LogP contribution in [0.15, 0.2) is 48.5 Å². The third kappa shape index (κ3) is 2.86. The Balaban J connectivity index is 1.72. The summed E-state index contributed by atoms with van der Waals surface area (Å²) in [5.41, 5.74) is 1.16. The van der Waals surface area contributed by atoms with Crippen molar-refractivity contribution in [2.24, 2.45) is 0 Å². The molecule has 0 saturated heterocycles. The standard InChI is InChI=1S/C18H17F2NO/c19-15-9-13(10-16(20)11-15)17(22)21-12-18(7-4-8-18)14-5-2-1-3-6-14/h1-3,5-6,9-11H,4,7-8,12H2,(H,21,22). The van der Waals surface area contributed by atoms with Crippen LogP contribution in [0, 0.1) is 11.6 Å². The highest BCUT2D eigenvalue weighted by Gasteiger charge is 2.38. The van der Waals surface area contributed by atoms with Gasteiger partial charge in [-0.3, -0.25) is 4.79 Å². The molecule has 0 bridgehead atoms. The Labute approximate surface area is 128 Å². The lowest BCUT2D eigenvalue weighted by atomic mass is 9.64. The second-order valence-corrected chi connectivity index (χ2v) is 5.84.